The summed E-state index contributed by atoms with van der Waals surface area (Å²) in [6.45, 7) is 0.501. The van der Waals surface area contributed by atoms with Crippen LogP contribution in [0.4, 0.5) is 0 Å². The Hall–Kier alpha value is -4.89. The molecule has 0 saturated heterocycles. The number of rotatable bonds is 11. The van der Waals surface area contributed by atoms with Crippen LogP contribution in [-0.2, 0) is 11.4 Å². The quantitative estimate of drug-likeness (QED) is 0.128. The van der Waals surface area contributed by atoms with E-state index in [4.69, 9.17) is 9.47 Å². The van der Waals surface area contributed by atoms with Crippen molar-refractivity contribution in [3.05, 3.63) is 120 Å². The number of nitrogens with one attached hydrogen (secondary N) is 1. The lowest BCUT2D eigenvalue weighted by molar-refractivity contribution is -0.118. The van der Waals surface area contributed by atoms with Crippen molar-refractivity contribution in [1.29, 1.82) is 0 Å². The molecule has 1 amide bonds. The molecule has 1 heterocycles. The molecule has 0 radical (unpaired) electrons. The van der Waals surface area contributed by atoms with Crippen LogP contribution in [0.3, 0.4) is 0 Å². The van der Waals surface area contributed by atoms with E-state index in [0.29, 0.717) is 17.6 Å². The van der Waals surface area contributed by atoms with Crippen LogP contribution in [0.25, 0.3) is 17.1 Å². The lowest BCUT2D eigenvalue weighted by Gasteiger charge is -2.11. The highest BCUT2D eigenvalue weighted by Crippen LogP contribution is 2.28. The van der Waals surface area contributed by atoms with Crippen LogP contribution in [0, 0.1) is 0 Å². The van der Waals surface area contributed by atoms with Gasteiger partial charge >= 0.3 is 0 Å². The van der Waals surface area contributed by atoms with Crippen LogP contribution < -0.4 is 14.9 Å². The van der Waals surface area contributed by atoms with Gasteiger partial charge in [0, 0.05) is 11.3 Å². The fourth-order valence-electron chi connectivity index (χ4n) is 3.83. The second kappa shape index (κ2) is 13.3. The van der Waals surface area contributed by atoms with Crippen molar-refractivity contribution in [2.45, 2.75) is 11.8 Å². The third kappa shape index (κ3) is 6.95. The summed E-state index contributed by atoms with van der Waals surface area (Å²) in [5.41, 5.74) is 6.31. The van der Waals surface area contributed by atoms with Gasteiger partial charge < -0.3 is 9.47 Å². The fraction of sp³-hybridized carbons (Fsp3) is 0.0968. The summed E-state index contributed by atoms with van der Waals surface area (Å²) in [6.07, 6.45) is 1.59. The number of amides is 1. The number of hydrogen-bond acceptors (Lipinski definition) is 7. The first kappa shape index (κ1) is 26.7. The molecule has 0 spiro atoms. The molecular weight excluding hydrogens is 522 g/mol. The summed E-state index contributed by atoms with van der Waals surface area (Å²) >= 11 is 1.28. The number of aromatic nitrogens is 3. The molecule has 1 aromatic heterocycles. The van der Waals surface area contributed by atoms with E-state index >= 15 is 0 Å². The number of hydrazone groups is 1. The first-order chi connectivity index (χ1) is 19.7. The molecule has 8 nitrogen and oxygen atoms in total. The van der Waals surface area contributed by atoms with Crippen molar-refractivity contribution in [3.63, 3.8) is 0 Å². The Morgan fingerprint density at radius 1 is 0.875 bits per heavy atom. The van der Waals surface area contributed by atoms with E-state index < -0.39 is 0 Å². The van der Waals surface area contributed by atoms with Gasteiger partial charge in [0.05, 0.1) is 19.1 Å². The highest BCUT2D eigenvalue weighted by atomic mass is 32.2. The van der Waals surface area contributed by atoms with Gasteiger partial charge in [-0.3, -0.25) is 9.36 Å². The number of carbonyl (C=O) groups is 1. The zero-order valence-electron chi connectivity index (χ0n) is 21.8. The molecule has 200 valence electrons. The topological polar surface area (TPSA) is 90.6 Å². The molecule has 0 aliphatic rings. The number of thioether (sulfide) groups is 1. The predicted molar refractivity (Wildman–Crippen MR) is 157 cm³/mol. The van der Waals surface area contributed by atoms with E-state index in [1.807, 2.05) is 114 Å². The number of benzene rings is 4. The molecule has 5 aromatic rings. The Labute approximate surface area is 236 Å². The molecule has 0 aliphatic heterocycles. The van der Waals surface area contributed by atoms with Crippen molar-refractivity contribution in [2.75, 3.05) is 12.9 Å². The zero-order chi connectivity index (χ0) is 27.6. The minimum absolute atomic E-state index is 0.118. The van der Waals surface area contributed by atoms with Crippen molar-refractivity contribution >= 4 is 23.9 Å². The van der Waals surface area contributed by atoms with E-state index in [1.54, 1.807) is 13.3 Å². The van der Waals surface area contributed by atoms with E-state index in [0.717, 1.165) is 33.9 Å². The molecule has 0 unspecified atom stereocenters. The van der Waals surface area contributed by atoms with Crippen molar-refractivity contribution in [3.8, 4) is 28.6 Å². The predicted octanol–water partition coefficient (Wildman–Crippen LogP) is 5.76. The molecule has 9 heteroatoms. The van der Waals surface area contributed by atoms with Gasteiger partial charge in [0.25, 0.3) is 5.91 Å². The van der Waals surface area contributed by atoms with Crippen LogP contribution >= 0.6 is 11.8 Å². The average Bonchev–Trinajstić information content (AvgIpc) is 3.44. The molecule has 5 rings (SSSR count). The second-order valence-electron chi connectivity index (χ2n) is 8.63. The van der Waals surface area contributed by atoms with Crippen LogP contribution in [0.5, 0.6) is 11.5 Å². The fourth-order valence-corrected chi connectivity index (χ4v) is 4.58. The maximum Gasteiger partial charge on any atom is 0.250 e. The standard InChI is InChI=1S/C31H27N5O3S/c1-38-27-18-14-26(15-19-27)36-30(25-10-6-3-7-11-25)34-35-31(36)40-22-29(37)33-32-20-23-12-16-28(17-13-23)39-21-24-8-4-2-5-9-24/h2-20H,21-22H2,1H3,(H,33,37)/b32-20+. The SMILES string of the molecule is COc1ccc(-n2c(SCC(=O)N/N=C/c3ccc(OCc4ccccc4)cc3)nnc2-c2ccccc2)cc1. The molecule has 0 saturated carbocycles. The summed E-state index contributed by atoms with van der Waals surface area (Å²) in [6, 6.07) is 34.9. The Kier molecular flexibility index (Phi) is 8.85. The van der Waals surface area contributed by atoms with Gasteiger partial charge in [0.2, 0.25) is 0 Å². The third-order valence-electron chi connectivity index (χ3n) is 5.86. The average molecular weight is 550 g/mol. The number of hydrogen-bond donors (Lipinski definition) is 1. The smallest absolute Gasteiger partial charge is 0.250 e. The first-order valence-electron chi connectivity index (χ1n) is 12.6. The number of nitrogens with zero attached hydrogens (tertiary/aromatic N) is 4. The van der Waals surface area contributed by atoms with E-state index in [2.05, 4.69) is 20.7 Å². The number of methoxy groups -OCH3 is 1. The van der Waals surface area contributed by atoms with Gasteiger partial charge in [0.15, 0.2) is 11.0 Å². The van der Waals surface area contributed by atoms with Crippen LogP contribution in [0.1, 0.15) is 11.1 Å². The largest absolute Gasteiger partial charge is 0.497 e. The summed E-state index contributed by atoms with van der Waals surface area (Å²) < 4.78 is 13.0. The van der Waals surface area contributed by atoms with Crippen molar-refractivity contribution in [1.82, 2.24) is 20.2 Å². The molecule has 4 aromatic carbocycles. The molecule has 40 heavy (non-hydrogen) atoms. The molecular formula is C31H27N5O3S. The minimum Gasteiger partial charge on any atom is -0.497 e. The Balaban J connectivity index is 1.19. The highest BCUT2D eigenvalue weighted by molar-refractivity contribution is 7.99. The van der Waals surface area contributed by atoms with Gasteiger partial charge in [0.1, 0.15) is 18.1 Å². The minimum atomic E-state index is -0.255. The summed E-state index contributed by atoms with van der Waals surface area (Å²) in [5.74, 6) is 2.06. The Bertz CT molecular complexity index is 1550. The van der Waals surface area contributed by atoms with Crippen molar-refractivity contribution in [2.24, 2.45) is 5.10 Å². The molecule has 0 aliphatic carbocycles. The third-order valence-corrected chi connectivity index (χ3v) is 6.79. The highest BCUT2D eigenvalue weighted by Gasteiger charge is 2.17. The lowest BCUT2D eigenvalue weighted by atomic mass is 10.2. The van der Waals surface area contributed by atoms with Crippen LogP contribution in [-0.4, -0.2) is 39.7 Å². The van der Waals surface area contributed by atoms with E-state index in [1.165, 1.54) is 11.8 Å². The monoisotopic (exact) mass is 549 g/mol. The Morgan fingerprint density at radius 3 is 2.25 bits per heavy atom. The summed E-state index contributed by atoms with van der Waals surface area (Å²) in [5, 5.41) is 13.5. The van der Waals surface area contributed by atoms with Gasteiger partial charge in [-0.2, -0.15) is 5.10 Å². The lowest BCUT2D eigenvalue weighted by Crippen LogP contribution is -2.20. The molecule has 0 bridgehead atoms. The molecule has 1 N–H and O–H groups in total. The van der Waals surface area contributed by atoms with Crippen molar-refractivity contribution < 1.29 is 14.3 Å². The zero-order valence-corrected chi connectivity index (χ0v) is 22.6. The van der Waals surface area contributed by atoms with Crippen LogP contribution in [0.2, 0.25) is 0 Å². The second-order valence-corrected chi connectivity index (χ2v) is 9.57. The number of carbonyl (C=O) groups excluding carboxylic acids is 1. The van der Waals surface area contributed by atoms with Gasteiger partial charge in [-0.15, -0.1) is 10.2 Å². The maximum atomic E-state index is 12.5. The van der Waals surface area contributed by atoms with Crippen LogP contribution in [0.15, 0.2) is 119 Å². The summed E-state index contributed by atoms with van der Waals surface area (Å²) in [4.78, 5) is 12.5. The van der Waals surface area contributed by atoms with Gasteiger partial charge in [-0.05, 0) is 59.7 Å². The number of ether oxygens (including phenoxy) is 2. The molecule has 0 atom stereocenters. The summed E-state index contributed by atoms with van der Waals surface area (Å²) in [7, 11) is 1.63. The van der Waals surface area contributed by atoms with E-state index in [9.17, 15) is 4.79 Å². The van der Waals surface area contributed by atoms with Gasteiger partial charge in [-0.25, -0.2) is 5.43 Å². The molecule has 0 fully saturated rings. The van der Waals surface area contributed by atoms with E-state index in [-0.39, 0.29) is 11.7 Å². The maximum absolute atomic E-state index is 12.5. The van der Waals surface area contributed by atoms with Gasteiger partial charge in [-0.1, -0.05) is 72.4 Å². The first-order valence-corrected chi connectivity index (χ1v) is 13.5. The Morgan fingerprint density at radius 2 is 1.55 bits per heavy atom. The normalized spacial score (nSPS) is 10.9.